The number of likely N-dealkylation sites (N-methyl/N-ethyl adjacent to an activating group) is 1. The highest BCUT2D eigenvalue weighted by atomic mass is 16.6. The number of esters is 2. The topological polar surface area (TPSA) is 84.9 Å². The van der Waals surface area contributed by atoms with E-state index >= 15 is 0 Å². The summed E-state index contributed by atoms with van der Waals surface area (Å²) in [4.78, 5) is 39.3. The first kappa shape index (κ1) is 19.4. The zero-order valence-electron chi connectivity index (χ0n) is 16.0. The van der Waals surface area contributed by atoms with Crippen LogP contribution in [0, 0.1) is 0 Å². The summed E-state index contributed by atoms with van der Waals surface area (Å²) >= 11 is 0. The van der Waals surface area contributed by atoms with Crippen molar-refractivity contribution < 1.29 is 23.9 Å². The van der Waals surface area contributed by atoms with Gasteiger partial charge in [0.05, 0.1) is 6.61 Å². The van der Waals surface area contributed by atoms with Gasteiger partial charge in [0.2, 0.25) is 0 Å². The molecule has 1 amide bonds. The van der Waals surface area contributed by atoms with Crippen molar-refractivity contribution in [1.82, 2.24) is 5.32 Å². The molecule has 1 aliphatic rings. The molecule has 7 nitrogen and oxygen atoms in total. The highest BCUT2D eigenvalue weighted by molar-refractivity contribution is 5.97. The van der Waals surface area contributed by atoms with Crippen molar-refractivity contribution in [3.8, 4) is 0 Å². The Kier molecular flexibility index (Phi) is 5.35. The number of nitrogens with zero attached hydrogens (tertiary/aromatic N) is 1. The fourth-order valence-corrected chi connectivity index (χ4v) is 3.48. The minimum atomic E-state index is -1.84. The van der Waals surface area contributed by atoms with E-state index in [1.54, 1.807) is 68.6 Å². The number of rotatable bonds is 5. The van der Waals surface area contributed by atoms with E-state index in [0.29, 0.717) is 16.8 Å². The van der Waals surface area contributed by atoms with E-state index in [4.69, 9.17) is 9.47 Å². The van der Waals surface area contributed by atoms with Crippen LogP contribution in [0.3, 0.4) is 0 Å². The Morgan fingerprint density at radius 3 is 2.36 bits per heavy atom. The lowest BCUT2D eigenvalue weighted by atomic mass is 9.98. The van der Waals surface area contributed by atoms with Crippen molar-refractivity contribution in [3.63, 3.8) is 0 Å². The van der Waals surface area contributed by atoms with Gasteiger partial charge in [-0.2, -0.15) is 0 Å². The number of hydrogen-bond acceptors (Lipinski definition) is 6. The van der Waals surface area contributed by atoms with Crippen molar-refractivity contribution in [2.45, 2.75) is 25.6 Å². The minimum absolute atomic E-state index is 0.103. The molecule has 0 aliphatic carbocycles. The molecule has 146 valence electrons. The molecule has 1 aliphatic heterocycles. The van der Waals surface area contributed by atoms with Crippen LogP contribution < -0.4 is 10.2 Å². The first-order valence-electron chi connectivity index (χ1n) is 8.97. The SMILES string of the molecule is CCOC(=O)C1(OC(C)=O)C(NC(=O)c2ccccc2)c2ccccc2N1C. The number of hydrogen-bond donors (Lipinski definition) is 1. The van der Waals surface area contributed by atoms with Gasteiger partial charge < -0.3 is 19.7 Å². The smallest absolute Gasteiger partial charge is 0.375 e. The third kappa shape index (κ3) is 3.19. The second-order valence-corrected chi connectivity index (χ2v) is 6.40. The number of benzene rings is 2. The monoisotopic (exact) mass is 382 g/mol. The normalized spacial score (nSPS) is 20.2. The molecule has 2 atom stereocenters. The van der Waals surface area contributed by atoms with Gasteiger partial charge in [0.25, 0.3) is 5.91 Å². The summed E-state index contributed by atoms with van der Waals surface area (Å²) in [7, 11) is 1.63. The number of carbonyl (C=O) groups is 3. The molecule has 0 aromatic heterocycles. The molecule has 0 bridgehead atoms. The molecule has 2 aromatic rings. The van der Waals surface area contributed by atoms with Crippen LogP contribution in [0.2, 0.25) is 0 Å². The zero-order chi connectivity index (χ0) is 20.3. The number of carbonyl (C=O) groups excluding carboxylic acids is 3. The van der Waals surface area contributed by atoms with E-state index in [9.17, 15) is 14.4 Å². The standard InChI is InChI=1S/C21H22N2O5/c1-4-27-20(26)21(28-14(2)24)18(16-12-8-9-13-17(16)23(21)3)22-19(25)15-10-6-5-7-11-15/h5-13,18H,4H2,1-3H3,(H,22,25). The van der Waals surface area contributed by atoms with Gasteiger partial charge in [-0.1, -0.05) is 36.4 Å². The quantitative estimate of drug-likeness (QED) is 0.800. The highest BCUT2D eigenvalue weighted by Gasteiger charge is 2.60. The van der Waals surface area contributed by atoms with Crippen LogP contribution in [0.1, 0.15) is 35.8 Å². The Labute approximate surface area is 163 Å². The molecular formula is C21H22N2O5. The minimum Gasteiger partial charge on any atom is -0.461 e. The van der Waals surface area contributed by atoms with Gasteiger partial charge in [-0.3, -0.25) is 9.59 Å². The van der Waals surface area contributed by atoms with Crippen LogP contribution in [0.25, 0.3) is 0 Å². The fourth-order valence-electron chi connectivity index (χ4n) is 3.48. The average Bonchev–Trinajstić information content (AvgIpc) is 2.92. The number of ether oxygens (including phenoxy) is 2. The van der Waals surface area contributed by atoms with Gasteiger partial charge in [-0.15, -0.1) is 0 Å². The molecule has 0 spiro atoms. The Balaban J connectivity index is 2.11. The van der Waals surface area contributed by atoms with Crippen molar-refractivity contribution in [3.05, 3.63) is 65.7 Å². The van der Waals surface area contributed by atoms with E-state index in [0.717, 1.165) is 0 Å². The second-order valence-electron chi connectivity index (χ2n) is 6.40. The number of anilines is 1. The predicted octanol–water partition coefficient (Wildman–Crippen LogP) is 2.43. The highest BCUT2D eigenvalue weighted by Crippen LogP contribution is 2.47. The summed E-state index contributed by atoms with van der Waals surface area (Å²) < 4.78 is 10.8. The van der Waals surface area contributed by atoms with Gasteiger partial charge in [0.15, 0.2) is 0 Å². The van der Waals surface area contributed by atoms with Crippen molar-refractivity contribution >= 4 is 23.5 Å². The molecule has 1 N–H and O–H groups in total. The van der Waals surface area contributed by atoms with Gasteiger partial charge in [-0.05, 0) is 25.1 Å². The van der Waals surface area contributed by atoms with E-state index in [1.165, 1.54) is 11.8 Å². The molecule has 28 heavy (non-hydrogen) atoms. The number of para-hydroxylation sites is 1. The van der Waals surface area contributed by atoms with Gasteiger partial charge in [0.1, 0.15) is 6.04 Å². The molecule has 3 rings (SSSR count). The molecule has 0 radical (unpaired) electrons. The maximum Gasteiger partial charge on any atom is 0.375 e. The van der Waals surface area contributed by atoms with E-state index in [1.807, 2.05) is 0 Å². The molecule has 1 heterocycles. The van der Waals surface area contributed by atoms with Crippen LogP contribution in [0.15, 0.2) is 54.6 Å². The van der Waals surface area contributed by atoms with E-state index in [2.05, 4.69) is 5.32 Å². The number of nitrogens with one attached hydrogen (secondary N) is 1. The second kappa shape index (κ2) is 7.72. The van der Waals surface area contributed by atoms with Crippen molar-refractivity contribution in [1.29, 1.82) is 0 Å². The van der Waals surface area contributed by atoms with E-state index in [-0.39, 0.29) is 6.61 Å². The van der Waals surface area contributed by atoms with Crippen molar-refractivity contribution in [2.24, 2.45) is 0 Å². The maximum atomic E-state index is 13.0. The van der Waals surface area contributed by atoms with Gasteiger partial charge in [0, 0.05) is 30.8 Å². The Bertz CT molecular complexity index is 899. The molecule has 2 unspecified atom stereocenters. The summed E-state index contributed by atoms with van der Waals surface area (Å²) in [6.45, 7) is 2.98. The average molecular weight is 382 g/mol. The lowest BCUT2D eigenvalue weighted by Crippen LogP contribution is -2.61. The molecule has 0 fully saturated rings. The summed E-state index contributed by atoms with van der Waals surface area (Å²) in [6.07, 6.45) is 0. The molecule has 0 saturated heterocycles. The first-order chi connectivity index (χ1) is 13.4. The largest absolute Gasteiger partial charge is 0.461 e. The van der Waals surface area contributed by atoms with Gasteiger partial charge in [-0.25, -0.2) is 4.79 Å². The van der Waals surface area contributed by atoms with Crippen LogP contribution in [0.4, 0.5) is 5.69 Å². The predicted molar refractivity (Wildman–Crippen MR) is 103 cm³/mol. The summed E-state index contributed by atoms with van der Waals surface area (Å²) in [5.41, 5.74) is -0.0930. The van der Waals surface area contributed by atoms with Crippen LogP contribution in [-0.4, -0.2) is 37.2 Å². The van der Waals surface area contributed by atoms with Crippen LogP contribution in [0.5, 0.6) is 0 Å². The van der Waals surface area contributed by atoms with Crippen LogP contribution in [-0.2, 0) is 19.1 Å². The number of fused-ring (bicyclic) bond motifs is 1. The summed E-state index contributed by atoms with van der Waals surface area (Å²) in [5.74, 6) is -1.80. The Hall–Kier alpha value is -3.35. The summed E-state index contributed by atoms with van der Waals surface area (Å²) in [5, 5.41) is 2.86. The third-order valence-electron chi connectivity index (χ3n) is 4.68. The molecule has 0 saturated carbocycles. The summed E-state index contributed by atoms with van der Waals surface area (Å²) in [6, 6.07) is 14.9. The first-order valence-corrected chi connectivity index (χ1v) is 8.97. The maximum absolute atomic E-state index is 13.0. The number of amides is 1. The fraction of sp³-hybridized carbons (Fsp3) is 0.286. The Morgan fingerprint density at radius 2 is 1.71 bits per heavy atom. The molecular weight excluding hydrogens is 360 g/mol. The third-order valence-corrected chi connectivity index (χ3v) is 4.68. The Morgan fingerprint density at radius 1 is 1.07 bits per heavy atom. The molecule has 2 aromatic carbocycles. The zero-order valence-corrected chi connectivity index (χ0v) is 16.0. The van der Waals surface area contributed by atoms with E-state index < -0.39 is 29.6 Å². The lowest BCUT2D eigenvalue weighted by Gasteiger charge is -2.38. The van der Waals surface area contributed by atoms with Crippen LogP contribution >= 0.6 is 0 Å². The lowest BCUT2D eigenvalue weighted by molar-refractivity contribution is -0.184. The molecule has 7 heteroatoms. The van der Waals surface area contributed by atoms with Gasteiger partial charge >= 0.3 is 17.7 Å². The van der Waals surface area contributed by atoms with Crippen molar-refractivity contribution in [2.75, 3.05) is 18.6 Å².